The van der Waals surface area contributed by atoms with Crippen molar-refractivity contribution in [2.45, 2.75) is 18.9 Å². The molecular weight excluding hydrogens is 295 g/mol. The molecule has 94 valence electrons. The van der Waals surface area contributed by atoms with Crippen LogP contribution in [0.4, 0.5) is 4.39 Å². The Bertz CT molecular complexity index is 556. The largest absolute Gasteiger partial charge is 0.380 e. The van der Waals surface area contributed by atoms with Gasteiger partial charge in [-0.3, -0.25) is 0 Å². The van der Waals surface area contributed by atoms with Gasteiger partial charge in [-0.1, -0.05) is 53.2 Å². The molecule has 1 atom stereocenters. The fourth-order valence-corrected chi connectivity index (χ4v) is 2.49. The van der Waals surface area contributed by atoms with E-state index in [-0.39, 0.29) is 5.82 Å². The van der Waals surface area contributed by atoms with Crippen LogP contribution in [0.25, 0.3) is 0 Å². The number of hydrogen-bond acceptors (Lipinski definition) is 1. The van der Waals surface area contributed by atoms with Crippen molar-refractivity contribution in [1.29, 1.82) is 0 Å². The van der Waals surface area contributed by atoms with Gasteiger partial charge in [0.15, 0.2) is 0 Å². The van der Waals surface area contributed by atoms with Crippen LogP contribution < -0.4 is 0 Å². The average Bonchev–Trinajstić information content (AvgIpc) is 2.38. The smallest absolute Gasteiger partial charge is 0.129 e. The van der Waals surface area contributed by atoms with Crippen molar-refractivity contribution in [2.24, 2.45) is 0 Å². The summed E-state index contributed by atoms with van der Waals surface area (Å²) in [6.07, 6.45) is 0.407. The van der Waals surface area contributed by atoms with E-state index < -0.39 is 5.60 Å². The standard InChI is InChI=1S/C15H14BrFO/c1-2-15(18,11-6-5-7-12(16)10-11)13-8-3-4-9-14(13)17/h3-10,18H,2H2,1H3. The van der Waals surface area contributed by atoms with Gasteiger partial charge in [0.2, 0.25) is 0 Å². The summed E-state index contributed by atoms with van der Waals surface area (Å²) in [5, 5.41) is 10.8. The molecule has 1 unspecified atom stereocenters. The van der Waals surface area contributed by atoms with Gasteiger partial charge in [-0.2, -0.15) is 0 Å². The Morgan fingerprint density at radius 3 is 2.50 bits per heavy atom. The first-order valence-corrected chi connectivity index (χ1v) is 6.60. The van der Waals surface area contributed by atoms with Gasteiger partial charge in [0, 0.05) is 10.0 Å². The van der Waals surface area contributed by atoms with Crippen molar-refractivity contribution in [2.75, 3.05) is 0 Å². The summed E-state index contributed by atoms with van der Waals surface area (Å²) in [5.41, 5.74) is -0.301. The summed E-state index contributed by atoms with van der Waals surface area (Å²) in [7, 11) is 0. The monoisotopic (exact) mass is 308 g/mol. The van der Waals surface area contributed by atoms with Gasteiger partial charge in [-0.15, -0.1) is 0 Å². The molecule has 0 heterocycles. The van der Waals surface area contributed by atoms with Crippen molar-refractivity contribution in [3.05, 3.63) is 69.9 Å². The van der Waals surface area contributed by atoms with Crippen LogP contribution in [0.1, 0.15) is 24.5 Å². The number of aliphatic hydroxyl groups is 1. The van der Waals surface area contributed by atoms with Crippen LogP contribution in [0.5, 0.6) is 0 Å². The third-order valence-electron chi connectivity index (χ3n) is 3.13. The van der Waals surface area contributed by atoms with Crippen LogP contribution in [0.2, 0.25) is 0 Å². The number of rotatable bonds is 3. The van der Waals surface area contributed by atoms with Crippen LogP contribution in [0, 0.1) is 5.82 Å². The lowest BCUT2D eigenvalue weighted by Gasteiger charge is -2.28. The summed E-state index contributed by atoms with van der Waals surface area (Å²) in [5.74, 6) is -0.387. The molecule has 0 spiro atoms. The predicted molar refractivity (Wildman–Crippen MR) is 73.8 cm³/mol. The van der Waals surface area contributed by atoms with E-state index in [4.69, 9.17) is 0 Å². The second-order valence-corrected chi connectivity index (χ2v) is 5.12. The van der Waals surface area contributed by atoms with Crippen molar-refractivity contribution in [3.63, 3.8) is 0 Å². The Hall–Kier alpha value is -1.19. The minimum atomic E-state index is -1.30. The minimum absolute atomic E-state index is 0.311. The van der Waals surface area contributed by atoms with Crippen LogP contribution >= 0.6 is 15.9 Å². The molecule has 1 nitrogen and oxygen atoms in total. The maximum absolute atomic E-state index is 13.9. The summed E-state index contributed by atoms with van der Waals surface area (Å²) in [6.45, 7) is 1.84. The molecule has 0 radical (unpaired) electrons. The molecule has 0 aliphatic heterocycles. The van der Waals surface area contributed by atoms with Gasteiger partial charge < -0.3 is 5.11 Å². The molecule has 0 aromatic heterocycles. The van der Waals surface area contributed by atoms with E-state index >= 15 is 0 Å². The molecule has 2 aromatic rings. The lowest BCUT2D eigenvalue weighted by atomic mass is 9.84. The van der Waals surface area contributed by atoms with Gasteiger partial charge in [0.25, 0.3) is 0 Å². The first-order valence-electron chi connectivity index (χ1n) is 5.81. The number of halogens is 2. The van der Waals surface area contributed by atoms with Crippen molar-refractivity contribution in [1.82, 2.24) is 0 Å². The zero-order chi connectivity index (χ0) is 13.2. The maximum Gasteiger partial charge on any atom is 0.129 e. The zero-order valence-electron chi connectivity index (χ0n) is 10.0. The second kappa shape index (κ2) is 5.21. The number of benzene rings is 2. The minimum Gasteiger partial charge on any atom is -0.380 e. The van der Waals surface area contributed by atoms with E-state index in [0.717, 1.165) is 4.47 Å². The van der Waals surface area contributed by atoms with E-state index in [1.165, 1.54) is 6.07 Å². The highest BCUT2D eigenvalue weighted by atomic mass is 79.9. The van der Waals surface area contributed by atoms with Gasteiger partial charge in [-0.05, 0) is 30.2 Å². The third kappa shape index (κ3) is 2.33. The van der Waals surface area contributed by atoms with E-state index in [1.54, 1.807) is 24.3 Å². The van der Waals surface area contributed by atoms with Gasteiger partial charge in [0.1, 0.15) is 11.4 Å². The lowest BCUT2D eigenvalue weighted by Crippen LogP contribution is -2.27. The number of hydrogen-bond donors (Lipinski definition) is 1. The summed E-state index contributed by atoms with van der Waals surface area (Å²) in [6, 6.07) is 13.7. The Morgan fingerprint density at radius 1 is 1.17 bits per heavy atom. The van der Waals surface area contributed by atoms with Crippen molar-refractivity contribution >= 4 is 15.9 Å². The van der Waals surface area contributed by atoms with Crippen molar-refractivity contribution < 1.29 is 9.50 Å². The van der Waals surface area contributed by atoms with Gasteiger partial charge in [0.05, 0.1) is 0 Å². The fourth-order valence-electron chi connectivity index (χ4n) is 2.09. The fraction of sp³-hybridized carbons (Fsp3) is 0.200. The highest BCUT2D eigenvalue weighted by Crippen LogP contribution is 2.35. The molecule has 0 saturated heterocycles. The Morgan fingerprint density at radius 2 is 1.89 bits per heavy atom. The maximum atomic E-state index is 13.9. The van der Waals surface area contributed by atoms with E-state index in [1.807, 2.05) is 25.1 Å². The predicted octanol–water partition coefficient (Wildman–Crippen LogP) is 4.23. The Kier molecular flexibility index (Phi) is 3.83. The average molecular weight is 309 g/mol. The molecule has 0 bridgehead atoms. The Balaban J connectivity index is 2.59. The highest BCUT2D eigenvalue weighted by Gasteiger charge is 2.32. The first kappa shape index (κ1) is 13.2. The van der Waals surface area contributed by atoms with Gasteiger partial charge >= 0.3 is 0 Å². The Labute approximate surface area is 114 Å². The molecule has 1 N–H and O–H groups in total. The summed E-state index contributed by atoms with van der Waals surface area (Å²) >= 11 is 3.37. The highest BCUT2D eigenvalue weighted by molar-refractivity contribution is 9.10. The topological polar surface area (TPSA) is 20.2 Å². The van der Waals surface area contributed by atoms with E-state index in [2.05, 4.69) is 15.9 Å². The molecule has 0 fully saturated rings. The van der Waals surface area contributed by atoms with E-state index in [9.17, 15) is 9.50 Å². The van der Waals surface area contributed by atoms with E-state index in [0.29, 0.717) is 17.5 Å². The molecule has 0 aliphatic rings. The molecule has 2 rings (SSSR count). The van der Waals surface area contributed by atoms with Crippen LogP contribution in [0.15, 0.2) is 53.0 Å². The SMILES string of the molecule is CCC(O)(c1cccc(Br)c1)c1ccccc1F. The molecule has 2 aromatic carbocycles. The molecule has 0 saturated carbocycles. The lowest BCUT2D eigenvalue weighted by molar-refractivity contribution is 0.0725. The molecule has 0 aliphatic carbocycles. The first-order chi connectivity index (χ1) is 8.58. The zero-order valence-corrected chi connectivity index (χ0v) is 11.6. The van der Waals surface area contributed by atoms with Crippen LogP contribution in [-0.2, 0) is 5.60 Å². The molecule has 0 amide bonds. The van der Waals surface area contributed by atoms with Crippen molar-refractivity contribution in [3.8, 4) is 0 Å². The summed E-state index contributed by atoms with van der Waals surface area (Å²) in [4.78, 5) is 0. The summed E-state index contributed by atoms with van der Waals surface area (Å²) < 4.78 is 14.8. The quantitative estimate of drug-likeness (QED) is 0.899. The third-order valence-corrected chi connectivity index (χ3v) is 3.63. The van der Waals surface area contributed by atoms with Crippen LogP contribution in [-0.4, -0.2) is 5.11 Å². The molecule has 18 heavy (non-hydrogen) atoms. The second-order valence-electron chi connectivity index (χ2n) is 4.20. The molecular formula is C15H14BrFO. The normalized spacial score (nSPS) is 14.2. The van der Waals surface area contributed by atoms with Crippen LogP contribution in [0.3, 0.4) is 0 Å². The van der Waals surface area contributed by atoms with Gasteiger partial charge in [-0.25, -0.2) is 4.39 Å². The molecule has 3 heteroatoms.